The van der Waals surface area contributed by atoms with Gasteiger partial charge in [0.2, 0.25) is 0 Å². The topological polar surface area (TPSA) is 65.6 Å². The van der Waals surface area contributed by atoms with E-state index in [-0.39, 0.29) is 5.56 Å². The van der Waals surface area contributed by atoms with E-state index in [2.05, 4.69) is 54.1 Å². The number of ether oxygens (including phenoxy) is 1. The van der Waals surface area contributed by atoms with Crippen LogP contribution in [-0.4, -0.2) is 22.2 Å². The number of thiazole rings is 1. The van der Waals surface area contributed by atoms with Crippen molar-refractivity contribution < 1.29 is 9.53 Å². The molecule has 2 aromatic heterocycles. The van der Waals surface area contributed by atoms with Crippen molar-refractivity contribution >= 4 is 34.3 Å². The molecule has 7 heteroatoms. The smallest absolute Gasteiger partial charge is 0.338 e. The predicted octanol–water partition coefficient (Wildman–Crippen LogP) is 5.11. The average Bonchev–Trinajstić information content (AvgIpc) is 3.48. The second-order valence-electron chi connectivity index (χ2n) is 9.92. The van der Waals surface area contributed by atoms with Crippen LogP contribution in [0.1, 0.15) is 41.6 Å². The number of nitrogens with zero attached hydrogens (tertiary/aromatic N) is 3. The molecular formula is C33H29N3O3S. The molecule has 1 atom stereocenters. The second kappa shape index (κ2) is 10.6. The van der Waals surface area contributed by atoms with E-state index in [1.165, 1.54) is 29.6 Å². The maximum Gasteiger partial charge on any atom is 0.338 e. The molecule has 1 aliphatic heterocycles. The van der Waals surface area contributed by atoms with Crippen LogP contribution < -0.4 is 14.9 Å². The van der Waals surface area contributed by atoms with Crippen molar-refractivity contribution in [1.82, 2.24) is 9.13 Å². The van der Waals surface area contributed by atoms with Gasteiger partial charge in [-0.2, -0.15) is 0 Å². The van der Waals surface area contributed by atoms with Gasteiger partial charge in [0.25, 0.3) is 5.56 Å². The van der Waals surface area contributed by atoms with Crippen LogP contribution >= 0.6 is 11.3 Å². The normalized spacial score (nSPS) is 15.3. The number of para-hydroxylation sites is 1. The molecule has 200 valence electrons. The number of carbonyl (C=O) groups is 1. The average molecular weight is 548 g/mol. The van der Waals surface area contributed by atoms with Crippen LogP contribution in [0.4, 0.5) is 0 Å². The molecule has 40 heavy (non-hydrogen) atoms. The first-order valence-corrected chi connectivity index (χ1v) is 14.1. The number of allylic oxidation sites excluding steroid dienone is 1. The van der Waals surface area contributed by atoms with Crippen molar-refractivity contribution in [1.29, 1.82) is 0 Å². The maximum atomic E-state index is 14.0. The molecule has 6 rings (SSSR count). The maximum absolute atomic E-state index is 14.0. The highest BCUT2D eigenvalue weighted by Gasteiger charge is 2.33. The Morgan fingerprint density at radius 2 is 1.82 bits per heavy atom. The Hall–Kier alpha value is -4.49. The Morgan fingerprint density at radius 1 is 1.05 bits per heavy atom. The van der Waals surface area contributed by atoms with Crippen LogP contribution in [0.25, 0.3) is 17.0 Å². The van der Waals surface area contributed by atoms with E-state index < -0.39 is 12.0 Å². The molecule has 6 nitrogen and oxygen atoms in total. The minimum absolute atomic E-state index is 0.176. The van der Waals surface area contributed by atoms with Crippen LogP contribution in [0, 0.1) is 6.92 Å². The Kier molecular flexibility index (Phi) is 6.82. The number of aromatic nitrogens is 2. The minimum atomic E-state index is -0.607. The lowest BCUT2D eigenvalue weighted by Crippen LogP contribution is -2.40. The zero-order valence-corrected chi connectivity index (χ0v) is 23.4. The summed E-state index contributed by atoms with van der Waals surface area (Å²) >= 11 is 1.35. The van der Waals surface area contributed by atoms with Gasteiger partial charge in [0.15, 0.2) is 4.80 Å². The predicted molar refractivity (Wildman–Crippen MR) is 159 cm³/mol. The molecule has 0 aliphatic carbocycles. The van der Waals surface area contributed by atoms with Gasteiger partial charge in [0, 0.05) is 29.2 Å². The fourth-order valence-corrected chi connectivity index (χ4v) is 6.50. The lowest BCUT2D eigenvalue weighted by molar-refractivity contribution is -0.136. The molecule has 3 heterocycles. The van der Waals surface area contributed by atoms with Crippen molar-refractivity contribution in [3.8, 4) is 0 Å². The van der Waals surface area contributed by atoms with Crippen LogP contribution in [0.5, 0.6) is 0 Å². The van der Waals surface area contributed by atoms with E-state index in [0.29, 0.717) is 27.0 Å². The monoisotopic (exact) mass is 547 g/mol. The van der Waals surface area contributed by atoms with Gasteiger partial charge >= 0.3 is 5.97 Å². The van der Waals surface area contributed by atoms with Crippen molar-refractivity contribution in [2.24, 2.45) is 4.99 Å². The summed E-state index contributed by atoms with van der Waals surface area (Å²) in [6.45, 7) is 4.79. The minimum Gasteiger partial charge on any atom is -0.466 e. The Balaban J connectivity index is 1.53. The number of aryl methyl sites for hydroxylation is 1. The van der Waals surface area contributed by atoms with E-state index in [1.807, 2.05) is 55.5 Å². The lowest BCUT2D eigenvalue weighted by atomic mass is 9.95. The van der Waals surface area contributed by atoms with Gasteiger partial charge in [-0.15, -0.1) is 0 Å². The van der Waals surface area contributed by atoms with Gasteiger partial charge in [0.1, 0.15) is 0 Å². The molecule has 0 fully saturated rings. The number of hydrogen-bond acceptors (Lipinski definition) is 5. The highest BCUT2D eigenvalue weighted by atomic mass is 32.1. The lowest BCUT2D eigenvalue weighted by Gasteiger charge is -2.25. The first kappa shape index (κ1) is 25.8. The third kappa shape index (κ3) is 4.52. The van der Waals surface area contributed by atoms with Gasteiger partial charge < -0.3 is 9.30 Å². The van der Waals surface area contributed by atoms with Gasteiger partial charge in [-0.3, -0.25) is 9.36 Å². The molecule has 3 aromatic carbocycles. The number of fused-ring (bicyclic) bond motifs is 2. The summed E-state index contributed by atoms with van der Waals surface area (Å²) < 4.78 is 9.60. The third-order valence-corrected chi connectivity index (χ3v) is 8.29. The fraction of sp³-hybridized carbons (Fsp3) is 0.182. The van der Waals surface area contributed by atoms with Crippen molar-refractivity contribution in [3.63, 3.8) is 0 Å². The molecule has 0 saturated heterocycles. The summed E-state index contributed by atoms with van der Waals surface area (Å²) in [5.41, 5.74) is 6.22. The summed E-state index contributed by atoms with van der Waals surface area (Å²) in [5, 5.41) is 1.07. The Labute approximate surface area is 235 Å². The Bertz CT molecular complexity index is 1960. The summed E-state index contributed by atoms with van der Waals surface area (Å²) in [6.07, 6.45) is 4.61. The number of benzene rings is 3. The van der Waals surface area contributed by atoms with Gasteiger partial charge in [-0.25, -0.2) is 9.79 Å². The molecule has 1 aliphatic rings. The van der Waals surface area contributed by atoms with Crippen molar-refractivity contribution in [2.75, 3.05) is 7.11 Å². The van der Waals surface area contributed by atoms with Gasteiger partial charge in [-0.1, -0.05) is 96.6 Å². The fourth-order valence-electron chi connectivity index (χ4n) is 5.48. The molecule has 0 bridgehead atoms. The van der Waals surface area contributed by atoms with Crippen LogP contribution in [-0.2, 0) is 16.1 Å². The highest BCUT2D eigenvalue weighted by molar-refractivity contribution is 7.07. The van der Waals surface area contributed by atoms with E-state index in [4.69, 9.17) is 9.73 Å². The highest BCUT2D eigenvalue weighted by Crippen LogP contribution is 2.31. The first-order chi connectivity index (χ1) is 19.5. The summed E-state index contributed by atoms with van der Waals surface area (Å²) in [4.78, 5) is 32.4. The number of rotatable bonds is 6. The molecule has 0 unspecified atom stereocenters. The summed E-state index contributed by atoms with van der Waals surface area (Å²) in [5.74, 6) is -0.469. The second-order valence-corrected chi connectivity index (χ2v) is 10.9. The number of hydrogen-bond donors (Lipinski definition) is 0. The molecule has 0 amide bonds. The van der Waals surface area contributed by atoms with Gasteiger partial charge in [-0.05, 0) is 36.6 Å². The summed E-state index contributed by atoms with van der Waals surface area (Å²) in [6, 6.07) is 25.7. The largest absolute Gasteiger partial charge is 0.466 e. The molecule has 5 aromatic rings. The van der Waals surface area contributed by atoms with Crippen molar-refractivity contribution in [2.45, 2.75) is 32.9 Å². The molecule has 0 saturated carbocycles. The van der Waals surface area contributed by atoms with Crippen molar-refractivity contribution in [3.05, 3.63) is 138 Å². The van der Waals surface area contributed by atoms with Crippen LogP contribution in [0.2, 0.25) is 0 Å². The molecule has 0 radical (unpaired) electrons. The number of carbonyl (C=O) groups excluding carboxylic acids is 1. The quantitative estimate of drug-likeness (QED) is 0.278. The zero-order chi connectivity index (χ0) is 27.8. The molecule has 0 spiro atoms. The molecule has 0 N–H and O–H groups in total. The van der Waals surface area contributed by atoms with E-state index in [9.17, 15) is 9.59 Å². The summed E-state index contributed by atoms with van der Waals surface area (Å²) in [7, 11) is 1.36. The molecular weight excluding hydrogens is 518 g/mol. The first-order valence-electron chi connectivity index (χ1n) is 13.3. The number of methoxy groups -OCH3 is 1. The van der Waals surface area contributed by atoms with E-state index in [1.54, 1.807) is 4.57 Å². The zero-order valence-electron chi connectivity index (χ0n) is 22.6. The number of esters is 1. The standard InChI is InChI=1S/C33H29N3O3S/c1-4-26-29(32(38)39-3)30(23-13-6-5-7-14-23)36-31(37)28(40-33(36)34-26)18-24-20-35(27-16-9-8-15-25(24)27)19-22-12-10-11-21(2)17-22/h5-18,20,30H,4,19H2,1-3H3/b28-18-/t30-/m0/s1. The van der Waals surface area contributed by atoms with Crippen LogP contribution in [0.15, 0.2) is 106 Å². The van der Waals surface area contributed by atoms with E-state index >= 15 is 0 Å². The Morgan fingerprint density at radius 3 is 2.58 bits per heavy atom. The SMILES string of the molecule is CCC1=C(C(=O)OC)[C@H](c2ccccc2)n2c(s/c(=C\c3cn(Cc4cccc(C)c4)c4ccccc34)c2=O)=N1. The van der Waals surface area contributed by atoms with E-state index in [0.717, 1.165) is 28.6 Å². The third-order valence-electron chi connectivity index (χ3n) is 7.31. The van der Waals surface area contributed by atoms with Crippen LogP contribution in [0.3, 0.4) is 0 Å². The van der Waals surface area contributed by atoms with Gasteiger partial charge in [0.05, 0.1) is 29.0 Å².